The molecule has 108 valence electrons. The summed E-state index contributed by atoms with van der Waals surface area (Å²) < 4.78 is 5.23. The number of anilines is 1. The molecule has 0 bridgehead atoms. The lowest BCUT2D eigenvalue weighted by molar-refractivity contribution is -0.121. The van der Waals surface area contributed by atoms with Gasteiger partial charge in [-0.05, 0) is 24.3 Å². The SMILES string of the molecule is COc1cccc(N2CCN([C@H]3CCSC3)CC2=O)c1. The van der Waals surface area contributed by atoms with Gasteiger partial charge in [0, 0.05) is 36.6 Å². The van der Waals surface area contributed by atoms with Gasteiger partial charge < -0.3 is 9.64 Å². The van der Waals surface area contributed by atoms with E-state index in [9.17, 15) is 4.79 Å². The summed E-state index contributed by atoms with van der Waals surface area (Å²) in [5.74, 6) is 3.40. The molecule has 0 saturated carbocycles. The van der Waals surface area contributed by atoms with Crippen molar-refractivity contribution in [1.82, 2.24) is 4.90 Å². The maximum absolute atomic E-state index is 12.4. The maximum atomic E-state index is 12.4. The van der Waals surface area contributed by atoms with E-state index < -0.39 is 0 Å². The summed E-state index contributed by atoms with van der Waals surface area (Å²) in [6.07, 6.45) is 1.22. The summed E-state index contributed by atoms with van der Waals surface area (Å²) in [6, 6.07) is 8.33. The molecule has 0 unspecified atom stereocenters. The van der Waals surface area contributed by atoms with Crippen molar-refractivity contribution >= 4 is 23.4 Å². The molecule has 2 aliphatic rings. The number of rotatable bonds is 3. The third-order valence-corrected chi connectivity index (χ3v) is 5.18. The van der Waals surface area contributed by atoms with Gasteiger partial charge in [0.15, 0.2) is 0 Å². The molecule has 2 fully saturated rings. The van der Waals surface area contributed by atoms with Crippen LogP contribution in [0, 0.1) is 0 Å². The Morgan fingerprint density at radius 3 is 2.95 bits per heavy atom. The first-order chi connectivity index (χ1) is 9.78. The van der Waals surface area contributed by atoms with Crippen molar-refractivity contribution in [2.24, 2.45) is 0 Å². The average Bonchev–Trinajstić information content (AvgIpc) is 3.01. The minimum Gasteiger partial charge on any atom is -0.497 e. The highest BCUT2D eigenvalue weighted by Gasteiger charge is 2.31. The second-order valence-corrected chi connectivity index (χ2v) is 6.38. The predicted octanol–water partition coefficient (Wildman–Crippen LogP) is 1.85. The van der Waals surface area contributed by atoms with Crippen molar-refractivity contribution < 1.29 is 9.53 Å². The zero-order valence-corrected chi connectivity index (χ0v) is 12.6. The smallest absolute Gasteiger partial charge is 0.241 e. The Bertz CT molecular complexity index is 489. The van der Waals surface area contributed by atoms with Crippen molar-refractivity contribution in [1.29, 1.82) is 0 Å². The van der Waals surface area contributed by atoms with E-state index in [1.54, 1.807) is 7.11 Å². The summed E-state index contributed by atoms with van der Waals surface area (Å²) in [7, 11) is 1.65. The molecule has 2 aliphatic heterocycles. The topological polar surface area (TPSA) is 32.8 Å². The summed E-state index contributed by atoms with van der Waals surface area (Å²) in [5, 5.41) is 0. The molecule has 2 saturated heterocycles. The first-order valence-corrected chi connectivity index (χ1v) is 8.19. The maximum Gasteiger partial charge on any atom is 0.241 e. The number of ether oxygens (including phenoxy) is 1. The molecule has 5 heteroatoms. The molecule has 20 heavy (non-hydrogen) atoms. The fraction of sp³-hybridized carbons (Fsp3) is 0.533. The third kappa shape index (κ3) is 2.79. The second kappa shape index (κ2) is 6.06. The number of hydrogen-bond donors (Lipinski definition) is 0. The highest BCUT2D eigenvalue weighted by Crippen LogP contribution is 2.26. The third-order valence-electron chi connectivity index (χ3n) is 4.04. The average molecular weight is 292 g/mol. The van der Waals surface area contributed by atoms with Crippen LogP contribution < -0.4 is 9.64 Å². The van der Waals surface area contributed by atoms with Crippen molar-refractivity contribution in [3.63, 3.8) is 0 Å². The summed E-state index contributed by atoms with van der Waals surface area (Å²) >= 11 is 2.00. The summed E-state index contributed by atoms with van der Waals surface area (Å²) in [4.78, 5) is 16.6. The van der Waals surface area contributed by atoms with Crippen molar-refractivity contribution in [3.05, 3.63) is 24.3 Å². The van der Waals surface area contributed by atoms with E-state index in [2.05, 4.69) is 4.90 Å². The highest BCUT2D eigenvalue weighted by molar-refractivity contribution is 7.99. The Labute approximate surface area is 124 Å². The zero-order valence-electron chi connectivity index (χ0n) is 11.7. The fourth-order valence-corrected chi connectivity index (χ4v) is 4.12. The molecule has 3 rings (SSSR count). The van der Waals surface area contributed by atoms with E-state index in [4.69, 9.17) is 4.74 Å². The van der Waals surface area contributed by atoms with Crippen LogP contribution in [0.25, 0.3) is 0 Å². The number of carbonyl (C=O) groups excluding carboxylic acids is 1. The van der Waals surface area contributed by atoms with Gasteiger partial charge in [-0.2, -0.15) is 11.8 Å². The van der Waals surface area contributed by atoms with E-state index in [1.165, 1.54) is 17.9 Å². The molecule has 0 N–H and O–H groups in total. The van der Waals surface area contributed by atoms with Crippen molar-refractivity contribution in [2.45, 2.75) is 12.5 Å². The molecule has 1 aromatic carbocycles. The molecule has 0 aliphatic carbocycles. The number of benzene rings is 1. The van der Waals surface area contributed by atoms with Gasteiger partial charge in [-0.15, -0.1) is 0 Å². The first-order valence-electron chi connectivity index (χ1n) is 7.04. The van der Waals surface area contributed by atoms with Gasteiger partial charge in [0.05, 0.1) is 13.7 Å². The lowest BCUT2D eigenvalue weighted by Gasteiger charge is -2.37. The number of thioether (sulfide) groups is 1. The van der Waals surface area contributed by atoms with Gasteiger partial charge in [-0.25, -0.2) is 0 Å². The van der Waals surface area contributed by atoms with Crippen LogP contribution in [0.15, 0.2) is 24.3 Å². The number of hydrogen-bond acceptors (Lipinski definition) is 4. The number of carbonyl (C=O) groups is 1. The van der Waals surface area contributed by atoms with Gasteiger partial charge >= 0.3 is 0 Å². The molecular weight excluding hydrogens is 272 g/mol. The number of methoxy groups -OCH3 is 1. The zero-order chi connectivity index (χ0) is 13.9. The van der Waals surface area contributed by atoms with Crippen molar-refractivity contribution in [3.8, 4) is 5.75 Å². The Morgan fingerprint density at radius 2 is 2.25 bits per heavy atom. The van der Waals surface area contributed by atoms with E-state index in [1.807, 2.05) is 40.9 Å². The van der Waals surface area contributed by atoms with E-state index >= 15 is 0 Å². The minimum atomic E-state index is 0.196. The van der Waals surface area contributed by atoms with Crippen LogP contribution in [-0.4, -0.2) is 55.1 Å². The first kappa shape index (κ1) is 13.8. The molecular formula is C15H20N2O2S. The standard InChI is InChI=1S/C15H20N2O2S/c1-19-14-4-2-3-12(9-14)17-7-6-16(10-15(17)18)13-5-8-20-11-13/h2-4,9,13H,5-8,10-11H2,1H3/t13-/m0/s1. The molecule has 0 spiro atoms. The van der Waals surface area contributed by atoms with Gasteiger partial charge in [0.1, 0.15) is 5.75 Å². The van der Waals surface area contributed by atoms with E-state index in [0.29, 0.717) is 12.6 Å². The Kier molecular flexibility index (Phi) is 4.17. The summed E-state index contributed by atoms with van der Waals surface area (Å²) in [5.41, 5.74) is 0.940. The molecule has 0 aromatic heterocycles. The van der Waals surface area contributed by atoms with Crippen molar-refractivity contribution in [2.75, 3.05) is 43.1 Å². The van der Waals surface area contributed by atoms with Crippen LogP contribution in [0.4, 0.5) is 5.69 Å². The number of piperazine rings is 1. The number of amides is 1. The van der Waals surface area contributed by atoms with Gasteiger partial charge in [-0.3, -0.25) is 9.69 Å². The van der Waals surface area contributed by atoms with Crippen LogP contribution in [0.3, 0.4) is 0 Å². The Morgan fingerprint density at radius 1 is 1.35 bits per heavy atom. The molecule has 2 heterocycles. The molecule has 1 amide bonds. The largest absolute Gasteiger partial charge is 0.497 e. The van der Waals surface area contributed by atoms with Crippen LogP contribution in [-0.2, 0) is 4.79 Å². The molecule has 0 radical (unpaired) electrons. The van der Waals surface area contributed by atoms with E-state index in [-0.39, 0.29) is 5.91 Å². The van der Waals surface area contributed by atoms with E-state index in [0.717, 1.165) is 24.5 Å². The highest BCUT2D eigenvalue weighted by atomic mass is 32.2. The summed E-state index contributed by atoms with van der Waals surface area (Å²) in [6.45, 7) is 2.28. The predicted molar refractivity (Wildman–Crippen MR) is 82.7 cm³/mol. The van der Waals surface area contributed by atoms with Crippen LogP contribution in [0.5, 0.6) is 5.75 Å². The minimum absolute atomic E-state index is 0.196. The normalized spacial score (nSPS) is 24.1. The lowest BCUT2D eigenvalue weighted by Crippen LogP contribution is -2.53. The van der Waals surface area contributed by atoms with Crippen LogP contribution in [0.1, 0.15) is 6.42 Å². The van der Waals surface area contributed by atoms with Crippen LogP contribution >= 0.6 is 11.8 Å². The molecule has 4 nitrogen and oxygen atoms in total. The molecule has 1 atom stereocenters. The number of nitrogens with zero attached hydrogens (tertiary/aromatic N) is 2. The lowest BCUT2D eigenvalue weighted by atomic mass is 10.1. The van der Waals surface area contributed by atoms with Crippen LogP contribution in [0.2, 0.25) is 0 Å². The Hall–Kier alpha value is -1.20. The second-order valence-electron chi connectivity index (χ2n) is 5.23. The van der Waals surface area contributed by atoms with Gasteiger partial charge in [-0.1, -0.05) is 6.07 Å². The molecule has 1 aromatic rings. The monoisotopic (exact) mass is 292 g/mol. The quantitative estimate of drug-likeness (QED) is 0.851. The van der Waals surface area contributed by atoms with Gasteiger partial charge in [0.25, 0.3) is 0 Å². The van der Waals surface area contributed by atoms with Gasteiger partial charge in [0.2, 0.25) is 5.91 Å². The Balaban J connectivity index is 1.69. The fourth-order valence-electron chi connectivity index (χ4n) is 2.86.